The molecule has 0 radical (unpaired) electrons. The number of aliphatic carboxylic acids is 1. The van der Waals surface area contributed by atoms with Gasteiger partial charge in [-0.15, -0.1) is 0 Å². The van der Waals surface area contributed by atoms with Crippen LogP contribution in [0.15, 0.2) is 18.2 Å². The van der Waals surface area contributed by atoms with Crippen LogP contribution < -0.4 is 5.32 Å². The molecule has 6 nitrogen and oxygen atoms in total. The summed E-state index contributed by atoms with van der Waals surface area (Å²) in [6.45, 7) is -1.59. The minimum absolute atomic E-state index is 0.144. The number of ether oxygens (including phenoxy) is 1. The lowest BCUT2D eigenvalue weighted by Gasteiger charge is -2.23. The number of nitrogens with zero attached hydrogens (tertiary/aromatic N) is 1. The van der Waals surface area contributed by atoms with Crippen LogP contribution in [0.25, 0.3) is 0 Å². The van der Waals surface area contributed by atoms with Gasteiger partial charge in [-0.25, -0.2) is 13.6 Å². The summed E-state index contributed by atoms with van der Waals surface area (Å²) in [5.41, 5.74) is 0.144. The molecule has 1 aromatic rings. The number of carboxylic acids is 1. The molecular formula is C16H17F5N2O4. The average Bonchev–Trinajstić information content (AvgIpc) is 3.03. The van der Waals surface area contributed by atoms with Crippen molar-refractivity contribution in [2.45, 2.75) is 12.2 Å². The Morgan fingerprint density at radius 1 is 1.30 bits per heavy atom. The normalized spacial score (nSPS) is 21.2. The number of amides is 2. The van der Waals surface area contributed by atoms with Crippen molar-refractivity contribution in [2.24, 2.45) is 11.8 Å². The van der Waals surface area contributed by atoms with Crippen LogP contribution in [0.2, 0.25) is 0 Å². The summed E-state index contributed by atoms with van der Waals surface area (Å²) in [5.74, 6) is -7.88. The number of rotatable bonds is 5. The lowest BCUT2D eigenvalue weighted by atomic mass is 9.96. The molecule has 1 aliphatic rings. The third-order valence-corrected chi connectivity index (χ3v) is 4.32. The van der Waals surface area contributed by atoms with Gasteiger partial charge in [-0.2, -0.15) is 13.2 Å². The molecule has 0 saturated carbocycles. The predicted octanol–water partition coefficient (Wildman–Crippen LogP) is 2.56. The number of alkyl halides is 3. The quantitative estimate of drug-likeness (QED) is 0.750. The van der Waals surface area contributed by atoms with Gasteiger partial charge in [-0.05, 0) is 17.7 Å². The molecule has 150 valence electrons. The Morgan fingerprint density at radius 2 is 1.96 bits per heavy atom. The van der Waals surface area contributed by atoms with Gasteiger partial charge in [0.2, 0.25) is 0 Å². The van der Waals surface area contributed by atoms with Gasteiger partial charge in [0.25, 0.3) is 0 Å². The maximum atomic E-state index is 13.4. The van der Waals surface area contributed by atoms with Crippen LogP contribution in [0.5, 0.6) is 0 Å². The highest BCUT2D eigenvalue weighted by atomic mass is 19.4. The fourth-order valence-corrected chi connectivity index (χ4v) is 2.91. The molecule has 1 fully saturated rings. The van der Waals surface area contributed by atoms with Crippen LogP contribution in [-0.4, -0.2) is 55.0 Å². The number of urea groups is 1. The number of hydrogen-bond donors (Lipinski definition) is 2. The molecule has 1 saturated heterocycles. The lowest BCUT2D eigenvalue weighted by Crippen LogP contribution is -2.42. The van der Waals surface area contributed by atoms with E-state index in [1.807, 2.05) is 0 Å². The molecule has 27 heavy (non-hydrogen) atoms. The van der Waals surface area contributed by atoms with Gasteiger partial charge in [-0.3, -0.25) is 4.79 Å². The second kappa shape index (κ2) is 8.07. The molecule has 1 unspecified atom stereocenters. The first-order chi connectivity index (χ1) is 12.5. The van der Waals surface area contributed by atoms with Crippen LogP contribution >= 0.6 is 0 Å². The zero-order valence-corrected chi connectivity index (χ0v) is 14.1. The highest BCUT2D eigenvalue weighted by Crippen LogP contribution is 2.37. The Labute approximate surface area is 150 Å². The first-order valence-electron chi connectivity index (χ1n) is 7.83. The maximum absolute atomic E-state index is 13.4. The Bertz CT molecular complexity index is 713. The first-order valence-corrected chi connectivity index (χ1v) is 7.83. The molecule has 1 aromatic carbocycles. The van der Waals surface area contributed by atoms with Gasteiger partial charge in [0.15, 0.2) is 11.6 Å². The Kier molecular flexibility index (Phi) is 6.24. The Balaban J connectivity index is 2.15. The van der Waals surface area contributed by atoms with E-state index in [2.05, 4.69) is 5.32 Å². The largest absolute Gasteiger partial charge is 0.481 e. The number of likely N-dealkylation sites (tertiary alicyclic amines) is 1. The summed E-state index contributed by atoms with van der Waals surface area (Å²) in [5, 5.41) is 11.4. The van der Waals surface area contributed by atoms with E-state index in [-0.39, 0.29) is 12.2 Å². The highest BCUT2D eigenvalue weighted by Gasteiger charge is 2.53. The molecule has 1 heterocycles. The zero-order chi connectivity index (χ0) is 20.4. The fourth-order valence-electron chi connectivity index (χ4n) is 2.91. The van der Waals surface area contributed by atoms with Crippen molar-refractivity contribution in [1.29, 1.82) is 0 Å². The van der Waals surface area contributed by atoms with E-state index < -0.39 is 60.8 Å². The molecule has 2 N–H and O–H groups in total. The van der Waals surface area contributed by atoms with Crippen molar-refractivity contribution in [2.75, 3.05) is 26.8 Å². The third-order valence-electron chi connectivity index (χ3n) is 4.32. The Hall–Kier alpha value is -2.43. The molecule has 0 aliphatic carbocycles. The number of nitrogens with one attached hydrogen (secondary N) is 1. The van der Waals surface area contributed by atoms with Gasteiger partial charge in [-0.1, -0.05) is 6.07 Å². The molecule has 0 bridgehead atoms. The fraction of sp³-hybridized carbons (Fsp3) is 0.500. The number of carbonyl (C=O) groups excluding carboxylic acids is 1. The summed E-state index contributed by atoms with van der Waals surface area (Å²) < 4.78 is 70.4. The average molecular weight is 396 g/mol. The number of carboxylic acid groups (broad SMARTS) is 1. The standard InChI is InChI=1S/C16H17F5N2O4/c1-27-7-13(8-2-3-11(17)12(18)4-8)22-15(26)23-5-9(14(24)25)10(6-23)16(19,20)21/h2-4,9-10,13H,5-7H2,1H3,(H,22,26)(H,24,25)/t9-,10-,13?/m1/s1. The second-order valence-electron chi connectivity index (χ2n) is 6.13. The molecule has 0 aromatic heterocycles. The maximum Gasteiger partial charge on any atom is 0.394 e. The smallest absolute Gasteiger partial charge is 0.394 e. The molecule has 2 rings (SSSR count). The van der Waals surface area contributed by atoms with E-state index in [1.54, 1.807) is 0 Å². The van der Waals surface area contributed by atoms with Crippen LogP contribution in [0.3, 0.4) is 0 Å². The summed E-state index contributed by atoms with van der Waals surface area (Å²) in [6, 6.07) is 0.952. The van der Waals surface area contributed by atoms with Crippen molar-refractivity contribution in [3.63, 3.8) is 0 Å². The number of methoxy groups -OCH3 is 1. The molecular weight excluding hydrogens is 379 g/mol. The van der Waals surface area contributed by atoms with E-state index in [0.29, 0.717) is 0 Å². The van der Waals surface area contributed by atoms with Crippen LogP contribution in [-0.2, 0) is 9.53 Å². The van der Waals surface area contributed by atoms with E-state index in [1.165, 1.54) is 13.2 Å². The van der Waals surface area contributed by atoms with Crippen molar-refractivity contribution in [3.05, 3.63) is 35.4 Å². The molecule has 2 amide bonds. The van der Waals surface area contributed by atoms with Crippen LogP contribution in [0.4, 0.5) is 26.7 Å². The number of halogens is 5. The van der Waals surface area contributed by atoms with Gasteiger partial charge in [0.1, 0.15) is 0 Å². The lowest BCUT2D eigenvalue weighted by molar-refractivity contribution is -0.187. The van der Waals surface area contributed by atoms with Crippen LogP contribution in [0, 0.1) is 23.5 Å². The van der Waals surface area contributed by atoms with E-state index in [4.69, 9.17) is 9.84 Å². The van der Waals surface area contributed by atoms with Crippen LogP contribution in [0.1, 0.15) is 11.6 Å². The van der Waals surface area contributed by atoms with Gasteiger partial charge < -0.3 is 20.1 Å². The number of benzene rings is 1. The van der Waals surface area contributed by atoms with E-state index in [9.17, 15) is 31.5 Å². The highest BCUT2D eigenvalue weighted by molar-refractivity contribution is 5.78. The van der Waals surface area contributed by atoms with E-state index >= 15 is 0 Å². The zero-order valence-electron chi connectivity index (χ0n) is 14.1. The van der Waals surface area contributed by atoms with Crippen molar-refractivity contribution >= 4 is 12.0 Å². The van der Waals surface area contributed by atoms with E-state index in [0.717, 1.165) is 17.0 Å². The minimum atomic E-state index is -4.77. The molecule has 3 atom stereocenters. The summed E-state index contributed by atoms with van der Waals surface area (Å²) >= 11 is 0. The first kappa shape index (κ1) is 20.9. The topological polar surface area (TPSA) is 78.9 Å². The summed E-state index contributed by atoms with van der Waals surface area (Å²) in [6.07, 6.45) is -4.77. The molecule has 11 heteroatoms. The van der Waals surface area contributed by atoms with Crippen molar-refractivity contribution in [1.82, 2.24) is 10.2 Å². The van der Waals surface area contributed by atoms with Crippen molar-refractivity contribution in [3.8, 4) is 0 Å². The van der Waals surface area contributed by atoms with Gasteiger partial charge in [0.05, 0.1) is 24.5 Å². The molecule has 0 spiro atoms. The summed E-state index contributed by atoms with van der Waals surface area (Å²) in [4.78, 5) is 24.1. The number of carbonyl (C=O) groups is 2. The predicted molar refractivity (Wildman–Crippen MR) is 81.8 cm³/mol. The number of hydrogen-bond acceptors (Lipinski definition) is 3. The van der Waals surface area contributed by atoms with Gasteiger partial charge >= 0.3 is 18.2 Å². The third kappa shape index (κ3) is 4.85. The summed E-state index contributed by atoms with van der Waals surface area (Å²) in [7, 11) is 1.29. The second-order valence-corrected chi connectivity index (χ2v) is 6.13. The minimum Gasteiger partial charge on any atom is -0.481 e. The monoisotopic (exact) mass is 396 g/mol. The van der Waals surface area contributed by atoms with Gasteiger partial charge in [0, 0.05) is 20.2 Å². The Morgan fingerprint density at radius 3 is 2.44 bits per heavy atom. The SMILES string of the molecule is COCC(NC(=O)N1C[C@@H](C(F)(F)F)[C@H](C(=O)O)C1)c1ccc(F)c(F)c1. The molecule has 1 aliphatic heterocycles. The van der Waals surface area contributed by atoms with Crippen molar-refractivity contribution < 1.29 is 41.4 Å².